The molecule has 0 saturated carbocycles. The van der Waals surface area contributed by atoms with Crippen molar-refractivity contribution in [3.05, 3.63) is 60.7 Å². The number of benzene rings is 2. The van der Waals surface area contributed by atoms with E-state index in [0.717, 1.165) is 0 Å². The summed E-state index contributed by atoms with van der Waals surface area (Å²) < 4.78 is 9.79. The first-order valence-electron chi connectivity index (χ1n) is 5.80. The van der Waals surface area contributed by atoms with Crippen molar-refractivity contribution >= 4 is 11.9 Å². The number of ether oxygens (including phenoxy) is 2. The van der Waals surface area contributed by atoms with Crippen LogP contribution in [0.2, 0.25) is 0 Å². The number of carbonyl (C=O) groups is 2. The molecule has 0 fully saturated rings. The molecule has 0 spiro atoms. The summed E-state index contributed by atoms with van der Waals surface area (Å²) in [6.45, 7) is 0. The van der Waals surface area contributed by atoms with E-state index in [9.17, 15) is 9.59 Å². The van der Waals surface area contributed by atoms with E-state index in [1.165, 1.54) is 0 Å². The van der Waals surface area contributed by atoms with E-state index < -0.39 is 11.9 Å². The lowest BCUT2D eigenvalue weighted by Gasteiger charge is -1.98. The fraction of sp³-hybridized carbons (Fsp3) is 0. The van der Waals surface area contributed by atoms with Crippen LogP contribution < -0.4 is 9.47 Å². The molecule has 4 heteroatoms. The molecule has 0 heterocycles. The van der Waals surface area contributed by atoms with Gasteiger partial charge in [-0.15, -0.1) is 0 Å². The Kier molecular flexibility index (Phi) is 4.52. The Hall–Kier alpha value is -3.06. The Labute approximate surface area is 115 Å². The summed E-state index contributed by atoms with van der Waals surface area (Å²) in [5.41, 5.74) is 0. The van der Waals surface area contributed by atoms with E-state index in [0.29, 0.717) is 11.5 Å². The van der Waals surface area contributed by atoms with Crippen LogP contribution in [0.3, 0.4) is 0 Å². The fourth-order valence-electron chi connectivity index (χ4n) is 1.34. The maximum atomic E-state index is 11.4. The second-order valence-electron chi connectivity index (χ2n) is 3.66. The maximum absolute atomic E-state index is 11.4. The number of hydrogen-bond acceptors (Lipinski definition) is 4. The van der Waals surface area contributed by atoms with Crippen molar-refractivity contribution in [3.8, 4) is 23.3 Å². The van der Waals surface area contributed by atoms with Crippen molar-refractivity contribution in [2.75, 3.05) is 0 Å². The Bertz CT molecular complexity index is 594. The molecule has 98 valence electrons. The highest BCUT2D eigenvalue weighted by Crippen LogP contribution is 2.09. The molecule has 2 aromatic rings. The molecular weight excluding hydrogens is 256 g/mol. The molecule has 2 aromatic carbocycles. The zero-order chi connectivity index (χ0) is 14.2. The fourth-order valence-corrected chi connectivity index (χ4v) is 1.34. The summed E-state index contributed by atoms with van der Waals surface area (Å²) >= 11 is 0. The van der Waals surface area contributed by atoms with Crippen LogP contribution in [0.4, 0.5) is 0 Å². The lowest BCUT2D eigenvalue weighted by atomic mass is 10.3. The molecule has 0 aliphatic heterocycles. The van der Waals surface area contributed by atoms with Gasteiger partial charge in [0, 0.05) is 11.8 Å². The van der Waals surface area contributed by atoms with Crippen molar-refractivity contribution in [1.82, 2.24) is 0 Å². The molecule has 20 heavy (non-hydrogen) atoms. The third-order valence-corrected chi connectivity index (χ3v) is 2.17. The van der Waals surface area contributed by atoms with Gasteiger partial charge >= 0.3 is 11.9 Å². The second kappa shape index (κ2) is 6.76. The number of carbonyl (C=O) groups excluding carboxylic acids is 2. The Morgan fingerprint density at radius 1 is 0.650 bits per heavy atom. The lowest BCUT2D eigenvalue weighted by molar-refractivity contribution is -0.130. The minimum Gasteiger partial charge on any atom is -0.417 e. The molecule has 0 bridgehead atoms. The highest BCUT2D eigenvalue weighted by molar-refractivity contribution is 5.99. The van der Waals surface area contributed by atoms with Gasteiger partial charge in [-0.05, 0) is 24.3 Å². The summed E-state index contributed by atoms with van der Waals surface area (Å²) in [7, 11) is 0. The number of esters is 2. The molecule has 0 saturated heterocycles. The Morgan fingerprint density at radius 3 is 1.35 bits per heavy atom. The molecular formula is C16H10O4. The van der Waals surface area contributed by atoms with E-state index in [-0.39, 0.29) is 0 Å². The van der Waals surface area contributed by atoms with Gasteiger partial charge in [0.15, 0.2) is 0 Å². The summed E-state index contributed by atoms with van der Waals surface area (Å²) in [6, 6.07) is 16.9. The predicted molar refractivity (Wildman–Crippen MR) is 71.9 cm³/mol. The van der Waals surface area contributed by atoms with Crippen LogP contribution in [0.1, 0.15) is 0 Å². The highest BCUT2D eigenvalue weighted by Gasteiger charge is 2.02. The summed E-state index contributed by atoms with van der Waals surface area (Å²) in [5, 5.41) is 0. The van der Waals surface area contributed by atoms with Crippen molar-refractivity contribution in [2.45, 2.75) is 0 Å². The second-order valence-corrected chi connectivity index (χ2v) is 3.66. The van der Waals surface area contributed by atoms with Crippen LogP contribution >= 0.6 is 0 Å². The Morgan fingerprint density at radius 2 is 1.00 bits per heavy atom. The molecule has 0 radical (unpaired) electrons. The first-order valence-corrected chi connectivity index (χ1v) is 5.80. The smallest absolute Gasteiger partial charge is 0.390 e. The SMILES string of the molecule is O=C(C#CC(=O)Oc1ccccc1)Oc1ccccc1. The minimum absolute atomic E-state index is 0.364. The monoisotopic (exact) mass is 266 g/mol. The van der Waals surface area contributed by atoms with Gasteiger partial charge in [0.2, 0.25) is 0 Å². The summed E-state index contributed by atoms with van der Waals surface area (Å²) in [4.78, 5) is 22.7. The summed E-state index contributed by atoms with van der Waals surface area (Å²) in [6.07, 6.45) is 0. The van der Waals surface area contributed by atoms with Crippen LogP contribution in [0, 0.1) is 11.8 Å². The number of rotatable bonds is 2. The van der Waals surface area contributed by atoms with Gasteiger partial charge in [-0.1, -0.05) is 36.4 Å². The Balaban J connectivity index is 1.90. The van der Waals surface area contributed by atoms with Gasteiger partial charge in [0.05, 0.1) is 0 Å². The molecule has 4 nitrogen and oxygen atoms in total. The average Bonchev–Trinajstić information content (AvgIpc) is 2.47. The van der Waals surface area contributed by atoms with Crippen molar-refractivity contribution < 1.29 is 19.1 Å². The van der Waals surface area contributed by atoms with E-state index >= 15 is 0 Å². The normalized spacial score (nSPS) is 9.00. The summed E-state index contributed by atoms with van der Waals surface area (Å²) in [5.74, 6) is 3.22. The van der Waals surface area contributed by atoms with Crippen LogP contribution in [-0.4, -0.2) is 11.9 Å². The number of hydrogen-bond donors (Lipinski definition) is 0. The highest BCUT2D eigenvalue weighted by atomic mass is 16.5. The first-order chi connectivity index (χ1) is 9.74. The zero-order valence-electron chi connectivity index (χ0n) is 10.4. The molecule has 0 aromatic heterocycles. The molecule has 0 amide bonds. The molecule has 0 N–H and O–H groups in total. The van der Waals surface area contributed by atoms with E-state index in [4.69, 9.17) is 9.47 Å². The van der Waals surface area contributed by atoms with Crippen LogP contribution in [-0.2, 0) is 9.59 Å². The van der Waals surface area contributed by atoms with E-state index in [1.807, 2.05) is 0 Å². The average molecular weight is 266 g/mol. The third kappa shape index (κ3) is 4.31. The molecule has 0 aliphatic rings. The van der Waals surface area contributed by atoms with Gasteiger partial charge in [-0.3, -0.25) is 0 Å². The van der Waals surface area contributed by atoms with Crippen molar-refractivity contribution in [1.29, 1.82) is 0 Å². The van der Waals surface area contributed by atoms with Gasteiger partial charge in [0.1, 0.15) is 11.5 Å². The maximum Gasteiger partial charge on any atom is 0.390 e. The minimum atomic E-state index is -0.818. The van der Waals surface area contributed by atoms with Crippen molar-refractivity contribution in [3.63, 3.8) is 0 Å². The van der Waals surface area contributed by atoms with E-state index in [2.05, 4.69) is 11.8 Å². The van der Waals surface area contributed by atoms with Crippen LogP contribution in [0.15, 0.2) is 60.7 Å². The quantitative estimate of drug-likeness (QED) is 0.362. The van der Waals surface area contributed by atoms with Crippen molar-refractivity contribution in [2.24, 2.45) is 0 Å². The van der Waals surface area contributed by atoms with Gasteiger partial charge in [-0.25, -0.2) is 9.59 Å². The zero-order valence-corrected chi connectivity index (χ0v) is 10.4. The van der Waals surface area contributed by atoms with Crippen LogP contribution in [0.5, 0.6) is 11.5 Å². The number of para-hydroxylation sites is 2. The van der Waals surface area contributed by atoms with Gasteiger partial charge in [-0.2, -0.15) is 0 Å². The molecule has 0 aliphatic carbocycles. The van der Waals surface area contributed by atoms with Crippen LogP contribution in [0.25, 0.3) is 0 Å². The largest absolute Gasteiger partial charge is 0.417 e. The molecule has 0 atom stereocenters. The standard InChI is InChI=1S/C16H10O4/c17-15(19-13-7-3-1-4-8-13)11-12-16(18)20-14-9-5-2-6-10-14/h1-10H. The molecule has 0 unspecified atom stereocenters. The lowest BCUT2D eigenvalue weighted by Crippen LogP contribution is -2.08. The van der Waals surface area contributed by atoms with Gasteiger partial charge in [0.25, 0.3) is 0 Å². The molecule has 2 rings (SSSR count). The predicted octanol–water partition coefficient (Wildman–Crippen LogP) is 2.20. The van der Waals surface area contributed by atoms with E-state index in [1.54, 1.807) is 60.7 Å². The third-order valence-electron chi connectivity index (χ3n) is 2.17. The topological polar surface area (TPSA) is 52.6 Å². The van der Waals surface area contributed by atoms with Gasteiger partial charge < -0.3 is 9.47 Å². The first kappa shape index (κ1) is 13.4.